The Morgan fingerprint density at radius 3 is 2.23 bits per heavy atom. The van der Waals surface area contributed by atoms with Crippen LogP contribution in [0.5, 0.6) is 5.75 Å². The third-order valence-corrected chi connectivity index (χ3v) is 5.99. The number of hydrogen-bond acceptors (Lipinski definition) is 6. The number of esters is 1. The number of para-hydroxylation sites is 1. The fraction of sp³-hybridized carbons (Fsp3) is 0.238. The van der Waals surface area contributed by atoms with Crippen LogP contribution in [-0.2, 0) is 14.8 Å². The zero-order valence-electron chi connectivity index (χ0n) is 17.0. The number of methoxy groups -OCH3 is 2. The van der Waals surface area contributed by atoms with Crippen molar-refractivity contribution in [1.82, 2.24) is 4.57 Å². The number of carbonyl (C=O) groups is 2. The molecule has 3 rings (SSSR count). The van der Waals surface area contributed by atoms with Crippen molar-refractivity contribution >= 4 is 38.5 Å². The molecule has 2 aromatic carbocycles. The normalized spacial score (nSPS) is 12.4. The summed E-state index contributed by atoms with van der Waals surface area (Å²) in [5.74, 6) is -0.534. The highest BCUT2D eigenvalue weighted by Crippen LogP contribution is 2.27. The standard InChI is InChI=1S/C21H22N2O6S/c1-14(23(30(4,26)27)15-9-11-16(28-2)12-10-15)20(24)22-13-18(21(25)29-3)17-7-5-6-8-19(17)22/h5-14H,1-4H3. The minimum Gasteiger partial charge on any atom is -0.497 e. The molecule has 0 bridgehead atoms. The summed E-state index contributed by atoms with van der Waals surface area (Å²) in [6.45, 7) is 1.50. The molecule has 9 heteroatoms. The maximum atomic E-state index is 13.3. The van der Waals surface area contributed by atoms with Crippen LogP contribution in [0.25, 0.3) is 10.9 Å². The van der Waals surface area contributed by atoms with Crippen LogP contribution in [0.2, 0.25) is 0 Å². The average molecular weight is 430 g/mol. The Morgan fingerprint density at radius 1 is 1.03 bits per heavy atom. The van der Waals surface area contributed by atoms with Crippen LogP contribution in [0.15, 0.2) is 54.7 Å². The Hall–Kier alpha value is -3.33. The maximum Gasteiger partial charge on any atom is 0.340 e. The van der Waals surface area contributed by atoms with Crippen LogP contribution in [-0.4, -0.2) is 51.4 Å². The fourth-order valence-electron chi connectivity index (χ4n) is 3.37. The Labute approximate surface area is 174 Å². The van der Waals surface area contributed by atoms with Gasteiger partial charge in [-0.1, -0.05) is 18.2 Å². The average Bonchev–Trinajstić information content (AvgIpc) is 3.12. The van der Waals surface area contributed by atoms with E-state index < -0.39 is 27.9 Å². The number of nitrogens with zero attached hydrogens (tertiary/aromatic N) is 2. The van der Waals surface area contributed by atoms with Crippen molar-refractivity contribution in [2.24, 2.45) is 0 Å². The van der Waals surface area contributed by atoms with Crippen molar-refractivity contribution in [3.8, 4) is 5.75 Å². The lowest BCUT2D eigenvalue weighted by atomic mass is 10.2. The molecule has 1 heterocycles. The van der Waals surface area contributed by atoms with E-state index in [9.17, 15) is 18.0 Å². The van der Waals surface area contributed by atoms with Crippen molar-refractivity contribution in [3.05, 3.63) is 60.3 Å². The summed E-state index contributed by atoms with van der Waals surface area (Å²) in [7, 11) is -1.03. The van der Waals surface area contributed by atoms with Crippen LogP contribution in [0.1, 0.15) is 22.1 Å². The van der Waals surface area contributed by atoms with Crippen LogP contribution >= 0.6 is 0 Å². The van der Waals surface area contributed by atoms with Crippen molar-refractivity contribution < 1.29 is 27.5 Å². The lowest BCUT2D eigenvalue weighted by Gasteiger charge is -2.28. The quantitative estimate of drug-likeness (QED) is 0.558. The smallest absolute Gasteiger partial charge is 0.340 e. The first-order valence-corrected chi connectivity index (χ1v) is 10.9. The molecule has 0 amide bonds. The molecule has 0 saturated heterocycles. The van der Waals surface area contributed by atoms with Gasteiger partial charge in [0.2, 0.25) is 10.0 Å². The number of rotatable bonds is 6. The van der Waals surface area contributed by atoms with Gasteiger partial charge < -0.3 is 9.47 Å². The molecule has 0 radical (unpaired) electrons. The highest BCUT2D eigenvalue weighted by molar-refractivity contribution is 7.92. The largest absolute Gasteiger partial charge is 0.497 e. The van der Waals surface area contributed by atoms with Crippen LogP contribution < -0.4 is 9.04 Å². The third kappa shape index (κ3) is 3.88. The minimum atomic E-state index is -3.79. The van der Waals surface area contributed by atoms with Crippen LogP contribution in [0.3, 0.4) is 0 Å². The monoisotopic (exact) mass is 430 g/mol. The van der Waals surface area contributed by atoms with Crippen molar-refractivity contribution in [1.29, 1.82) is 0 Å². The molecular weight excluding hydrogens is 408 g/mol. The molecule has 1 atom stereocenters. The summed E-state index contributed by atoms with van der Waals surface area (Å²) >= 11 is 0. The molecule has 0 N–H and O–H groups in total. The van der Waals surface area contributed by atoms with Crippen LogP contribution in [0, 0.1) is 0 Å². The van der Waals surface area contributed by atoms with Gasteiger partial charge in [0.15, 0.2) is 0 Å². The van der Waals surface area contributed by atoms with E-state index in [0.717, 1.165) is 10.6 Å². The fourth-order valence-corrected chi connectivity index (χ4v) is 4.54. The predicted octanol–water partition coefficient (Wildman–Crippen LogP) is 2.93. The van der Waals surface area contributed by atoms with Gasteiger partial charge in [0.1, 0.15) is 11.8 Å². The number of benzene rings is 2. The van der Waals surface area contributed by atoms with E-state index >= 15 is 0 Å². The molecule has 0 saturated carbocycles. The molecule has 1 aromatic heterocycles. The molecule has 0 fully saturated rings. The summed E-state index contributed by atoms with van der Waals surface area (Å²) in [5, 5.41) is 0.542. The molecule has 0 spiro atoms. The summed E-state index contributed by atoms with van der Waals surface area (Å²) < 4.78 is 37.3. The van der Waals surface area contributed by atoms with Gasteiger partial charge in [-0.3, -0.25) is 13.7 Å². The molecule has 3 aromatic rings. The summed E-state index contributed by atoms with van der Waals surface area (Å²) in [6, 6.07) is 12.2. The van der Waals surface area contributed by atoms with E-state index in [1.807, 2.05) is 0 Å². The van der Waals surface area contributed by atoms with Gasteiger partial charge in [-0.05, 0) is 37.3 Å². The second kappa shape index (κ2) is 8.19. The van der Waals surface area contributed by atoms with E-state index in [0.29, 0.717) is 22.3 Å². The van der Waals surface area contributed by atoms with Gasteiger partial charge in [-0.25, -0.2) is 13.2 Å². The van der Waals surface area contributed by atoms with Gasteiger partial charge in [0.25, 0.3) is 5.91 Å². The highest BCUT2D eigenvalue weighted by atomic mass is 32.2. The lowest BCUT2D eigenvalue weighted by molar-refractivity contribution is 0.0603. The van der Waals surface area contributed by atoms with E-state index in [1.165, 1.54) is 31.9 Å². The Kier molecular flexibility index (Phi) is 5.84. The van der Waals surface area contributed by atoms with Gasteiger partial charge in [0, 0.05) is 11.6 Å². The minimum absolute atomic E-state index is 0.226. The second-order valence-electron chi connectivity index (χ2n) is 6.69. The first-order chi connectivity index (χ1) is 14.2. The Balaban J connectivity index is 2.09. The van der Waals surface area contributed by atoms with Crippen molar-refractivity contribution in [2.45, 2.75) is 13.0 Å². The molecule has 1 unspecified atom stereocenters. The van der Waals surface area contributed by atoms with Gasteiger partial charge in [0.05, 0.1) is 37.2 Å². The molecule has 0 aliphatic rings. The Bertz CT molecular complexity index is 1200. The summed E-state index contributed by atoms with van der Waals surface area (Å²) in [5.41, 5.74) is 1.03. The molecular formula is C21H22N2O6S. The van der Waals surface area contributed by atoms with Crippen LogP contribution in [0.4, 0.5) is 5.69 Å². The zero-order valence-corrected chi connectivity index (χ0v) is 17.8. The van der Waals surface area contributed by atoms with Gasteiger partial charge in [-0.15, -0.1) is 0 Å². The van der Waals surface area contributed by atoms with Crippen molar-refractivity contribution in [2.75, 3.05) is 24.8 Å². The number of aromatic nitrogens is 1. The predicted molar refractivity (Wildman–Crippen MR) is 114 cm³/mol. The molecule has 0 aliphatic carbocycles. The molecule has 30 heavy (non-hydrogen) atoms. The lowest BCUT2D eigenvalue weighted by Crippen LogP contribution is -2.44. The van der Waals surface area contributed by atoms with E-state index in [1.54, 1.807) is 48.5 Å². The maximum absolute atomic E-state index is 13.3. The molecule has 0 aliphatic heterocycles. The van der Waals surface area contributed by atoms with Crippen molar-refractivity contribution in [3.63, 3.8) is 0 Å². The first kappa shape index (κ1) is 21.4. The number of fused-ring (bicyclic) bond motifs is 1. The van der Waals surface area contributed by atoms with Gasteiger partial charge >= 0.3 is 5.97 Å². The number of carbonyl (C=O) groups excluding carboxylic acids is 2. The SMILES string of the molecule is COC(=O)c1cn(C(=O)C(C)N(c2ccc(OC)cc2)S(C)(=O)=O)c2ccccc12. The number of sulfonamides is 1. The molecule has 8 nitrogen and oxygen atoms in total. The van der Waals surface area contributed by atoms with E-state index in [2.05, 4.69) is 0 Å². The first-order valence-electron chi connectivity index (χ1n) is 9.05. The summed E-state index contributed by atoms with van der Waals surface area (Å²) in [4.78, 5) is 25.5. The third-order valence-electron chi connectivity index (χ3n) is 4.75. The second-order valence-corrected chi connectivity index (χ2v) is 8.55. The zero-order chi connectivity index (χ0) is 22.1. The van der Waals surface area contributed by atoms with Gasteiger partial charge in [-0.2, -0.15) is 0 Å². The number of anilines is 1. The van der Waals surface area contributed by atoms with E-state index in [-0.39, 0.29) is 5.56 Å². The highest BCUT2D eigenvalue weighted by Gasteiger charge is 2.31. The number of hydrogen-bond donors (Lipinski definition) is 0. The van der Waals surface area contributed by atoms with E-state index in [4.69, 9.17) is 9.47 Å². The number of ether oxygens (including phenoxy) is 2. The Morgan fingerprint density at radius 2 is 1.67 bits per heavy atom. The topological polar surface area (TPSA) is 94.9 Å². The molecule has 158 valence electrons. The summed E-state index contributed by atoms with van der Waals surface area (Å²) in [6.07, 6.45) is 2.42.